The summed E-state index contributed by atoms with van der Waals surface area (Å²) in [6, 6.07) is 4.67. The highest BCUT2D eigenvalue weighted by molar-refractivity contribution is 5.95. The first-order chi connectivity index (χ1) is 18.8. The maximum Gasteiger partial charge on any atom is 0.256 e. The Morgan fingerprint density at radius 2 is 2.00 bits per heavy atom. The van der Waals surface area contributed by atoms with Crippen molar-refractivity contribution in [3.8, 4) is 23.1 Å². The second-order valence-corrected chi connectivity index (χ2v) is 9.77. The number of carbonyl (C=O) groups is 1. The third-order valence-corrected chi connectivity index (χ3v) is 7.24. The zero-order valence-corrected chi connectivity index (χ0v) is 22.2. The molecule has 2 atom stereocenters. The molecule has 4 rings (SSSR count). The molecule has 1 aromatic heterocycles. The van der Waals surface area contributed by atoms with Gasteiger partial charge < -0.3 is 21.5 Å². The van der Waals surface area contributed by atoms with E-state index >= 15 is 4.39 Å². The van der Waals surface area contributed by atoms with Crippen LogP contribution in [-0.4, -0.2) is 69.1 Å². The van der Waals surface area contributed by atoms with E-state index in [2.05, 4.69) is 33.3 Å². The molecule has 1 amide bonds. The number of nitrogens with two attached hydrogens (primary N) is 2. The number of nitrogens with zero attached hydrogens (tertiary/aromatic N) is 4. The molecule has 0 bridgehead atoms. The molecule has 204 valence electrons. The number of carbonyl (C=O) groups excluding carboxylic acids is 1. The van der Waals surface area contributed by atoms with Gasteiger partial charge in [0.25, 0.3) is 5.91 Å². The number of benzene rings is 1. The Morgan fingerprint density at radius 3 is 2.62 bits per heavy atom. The van der Waals surface area contributed by atoms with Crippen LogP contribution in [-0.2, 0) is 6.42 Å². The third kappa shape index (κ3) is 6.53. The molecule has 8 nitrogen and oxygen atoms in total. The van der Waals surface area contributed by atoms with Crippen LogP contribution < -0.4 is 11.5 Å². The van der Waals surface area contributed by atoms with Crippen molar-refractivity contribution in [1.82, 2.24) is 19.8 Å². The molecule has 2 aliphatic rings. The van der Waals surface area contributed by atoms with E-state index in [1.807, 2.05) is 6.92 Å². The van der Waals surface area contributed by atoms with Gasteiger partial charge in [0.2, 0.25) is 0 Å². The lowest BCUT2D eigenvalue weighted by molar-refractivity contribution is 0.0313. The normalized spacial score (nSPS) is 20.2. The van der Waals surface area contributed by atoms with Gasteiger partial charge in [0.15, 0.2) is 0 Å². The summed E-state index contributed by atoms with van der Waals surface area (Å²) < 4.78 is 15.3. The maximum absolute atomic E-state index is 15.3. The van der Waals surface area contributed by atoms with E-state index in [1.54, 1.807) is 23.1 Å². The first-order valence-electron chi connectivity index (χ1n) is 13.2. The fraction of sp³-hybridized carbons (Fsp3) is 0.367. The summed E-state index contributed by atoms with van der Waals surface area (Å²) in [5.74, 6) is 5.11. The standard InChI is InChI=1S/C30H35FN6O2/c1-3-26-24(11-9-21(18-32)8-7-20(2)33)29(35-19-34-26)22-10-12-23(25(31)17-22)30(39)37-15-13-36(14-16-37)27-5-4-6-28(27)38/h7-8,10,12,17-19,27-28,38H,2-6,13-16,32-33H2,1H3/b8-7-,21-18+. The number of aliphatic hydroxyl groups excluding tert-OH is 1. The Labute approximate surface area is 228 Å². The second kappa shape index (κ2) is 12.7. The van der Waals surface area contributed by atoms with Crippen molar-refractivity contribution in [3.05, 3.63) is 83.4 Å². The Balaban J connectivity index is 1.55. The Hall–Kier alpha value is -4.00. The summed E-state index contributed by atoms with van der Waals surface area (Å²) >= 11 is 0. The van der Waals surface area contributed by atoms with Crippen LogP contribution in [0.2, 0.25) is 0 Å². The van der Waals surface area contributed by atoms with Crippen LogP contribution in [0, 0.1) is 17.7 Å². The number of amides is 1. The SMILES string of the molecule is C=C(N)/C=C\C(C#Cc1c(CC)ncnc1-c1ccc(C(=O)N2CCN(C3CCCC3O)CC2)c(F)c1)=C/N. The molecule has 2 fully saturated rings. The highest BCUT2D eigenvalue weighted by Gasteiger charge is 2.33. The van der Waals surface area contributed by atoms with Gasteiger partial charge in [-0.1, -0.05) is 31.4 Å². The maximum atomic E-state index is 15.3. The van der Waals surface area contributed by atoms with E-state index < -0.39 is 5.82 Å². The third-order valence-electron chi connectivity index (χ3n) is 7.24. The fourth-order valence-electron chi connectivity index (χ4n) is 5.12. The topological polar surface area (TPSA) is 122 Å². The lowest BCUT2D eigenvalue weighted by Gasteiger charge is -2.39. The number of piperazine rings is 1. The first kappa shape index (κ1) is 28.0. The van der Waals surface area contributed by atoms with Gasteiger partial charge in [-0.2, -0.15) is 0 Å². The average molecular weight is 531 g/mol. The van der Waals surface area contributed by atoms with Crippen LogP contribution in [0.3, 0.4) is 0 Å². The lowest BCUT2D eigenvalue weighted by atomic mass is 10.0. The minimum atomic E-state index is -0.617. The van der Waals surface area contributed by atoms with Crippen molar-refractivity contribution in [2.45, 2.75) is 44.8 Å². The Bertz CT molecular complexity index is 1350. The highest BCUT2D eigenvalue weighted by atomic mass is 19.1. The molecule has 1 saturated heterocycles. The average Bonchev–Trinajstić information content (AvgIpc) is 3.38. The zero-order chi connectivity index (χ0) is 27.9. The molecule has 1 aromatic carbocycles. The summed E-state index contributed by atoms with van der Waals surface area (Å²) in [6.45, 7) is 7.91. The summed E-state index contributed by atoms with van der Waals surface area (Å²) in [7, 11) is 0. The molecule has 2 aromatic rings. The second-order valence-electron chi connectivity index (χ2n) is 9.77. The molecule has 1 aliphatic carbocycles. The molecule has 39 heavy (non-hydrogen) atoms. The predicted molar refractivity (Wildman–Crippen MR) is 150 cm³/mol. The van der Waals surface area contributed by atoms with Crippen LogP contribution in [0.1, 0.15) is 47.8 Å². The van der Waals surface area contributed by atoms with Crippen LogP contribution in [0.5, 0.6) is 0 Å². The van der Waals surface area contributed by atoms with Crippen LogP contribution in [0.15, 0.2) is 60.7 Å². The number of halogens is 1. The summed E-state index contributed by atoms with van der Waals surface area (Å²) in [5, 5.41) is 10.2. The summed E-state index contributed by atoms with van der Waals surface area (Å²) in [5.41, 5.74) is 14.4. The van der Waals surface area contributed by atoms with E-state index in [4.69, 9.17) is 11.5 Å². The van der Waals surface area contributed by atoms with Crippen molar-refractivity contribution in [2.24, 2.45) is 11.5 Å². The number of aromatic nitrogens is 2. The van der Waals surface area contributed by atoms with Gasteiger partial charge >= 0.3 is 0 Å². The van der Waals surface area contributed by atoms with Gasteiger partial charge in [-0.3, -0.25) is 9.69 Å². The smallest absolute Gasteiger partial charge is 0.256 e. The van der Waals surface area contributed by atoms with E-state index in [0.717, 1.165) is 19.3 Å². The molecule has 9 heteroatoms. The highest BCUT2D eigenvalue weighted by Crippen LogP contribution is 2.27. The predicted octanol–water partition coefficient (Wildman–Crippen LogP) is 2.74. The van der Waals surface area contributed by atoms with Crippen LogP contribution in [0.25, 0.3) is 11.3 Å². The Kier molecular flexibility index (Phi) is 9.12. The molecule has 2 heterocycles. The molecule has 2 unspecified atom stereocenters. The van der Waals surface area contributed by atoms with Crippen molar-refractivity contribution in [2.75, 3.05) is 26.2 Å². The minimum absolute atomic E-state index is 0.0195. The number of rotatable bonds is 6. The van der Waals surface area contributed by atoms with E-state index in [-0.39, 0.29) is 23.6 Å². The molecule has 0 radical (unpaired) electrons. The number of aryl methyl sites for hydroxylation is 1. The molecule has 5 N–H and O–H groups in total. The zero-order valence-electron chi connectivity index (χ0n) is 22.2. The van der Waals surface area contributed by atoms with Gasteiger partial charge in [-0.25, -0.2) is 14.4 Å². The van der Waals surface area contributed by atoms with Crippen LogP contribution >= 0.6 is 0 Å². The summed E-state index contributed by atoms with van der Waals surface area (Å²) in [6.07, 6.45) is 9.15. The lowest BCUT2D eigenvalue weighted by Crippen LogP contribution is -2.53. The van der Waals surface area contributed by atoms with Gasteiger partial charge in [0.1, 0.15) is 12.1 Å². The minimum Gasteiger partial charge on any atom is -0.404 e. The number of allylic oxidation sites excluding steroid dienone is 3. The fourth-order valence-corrected chi connectivity index (χ4v) is 5.12. The van der Waals surface area contributed by atoms with Gasteiger partial charge in [-0.05, 0) is 50.0 Å². The number of hydrogen-bond donors (Lipinski definition) is 3. The van der Waals surface area contributed by atoms with Gasteiger partial charge in [-0.15, -0.1) is 0 Å². The number of hydrogen-bond acceptors (Lipinski definition) is 7. The van der Waals surface area contributed by atoms with E-state index in [0.29, 0.717) is 66.4 Å². The molecular weight excluding hydrogens is 495 g/mol. The Morgan fingerprint density at radius 1 is 1.23 bits per heavy atom. The van der Waals surface area contributed by atoms with E-state index in [9.17, 15) is 9.90 Å². The molecule has 1 aliphatic heterocycles. The van der Waals surface area contributed by atoms with Crippen molar-refractivity contribution < 1.29 is 14.3 Å². The largest absolute Gasteiger partial charge is 0.404 e. The van der Waals surface area contributed by atoms with Crippen molar-refractivity contribution in [1.29, 1.82) is 0 Å². The van der Waals surface area contributed by atoms with Crippen molar-refractivity contribution >= 4 is 5.91 Å². The van der Waals surface area contributed by atoms with Crippen molar-refractivity contribution in [3.63, 3.8) is 0 Å². The first-order valence-corrected chi connectivity index (χ1v) is 13.2. The quantitative estimate of drug-likeness (QED) is 0.388. The molecule has 1 saturated carbocycles. The number of aliphatic hydroxyl groups is 1. The van der Waals surface area contributed by atoms with E-state index in [1.165, 1.54) is 24.7 Å². The molecular formula is C30H35FN6O2. The monoisotopic (exact) mass is 530 g/mol. The summed E-state index contributed by atoms with van der Waals surface area (Å²) in [4.78, 5) is 25.8. The van der Waals surface area contributed by atoms with Crippen LogP contribution in [0.4, 0.5) is 4.39 Å². The molecule has 0 spiro atoms. The van der Waals surface area contributed by atoms with Gasteiger partial charge in [0.05, 0.1) is 28.6 Å². The van der Waals surface area contributed by atoms with Gasteiger partial charge in [0, 0.05) is 55.3 Å².